The summed E-state index contributed by atoms with van der Waals surface area (Å²) in [6, 6.07) is 12.3. The summed E-state index contributed by atoms with van der Waals surface area (Å²) in [6.07, 6.45) is 7.25. The molecule has 2 fully saturated rings. The largest absolute Gasteiger partial charge is 0.476 e. The highest BCUT2D eigenvalue weighted by Gasteiger charge is 2.49. The first-order valence-electron chi connectivity index (χ1n) is 11.0. The number of rotatable bonds is 5. The van der Waals surface area contributed by atoms with E-state index >= 15 is 0 Å². The Labute approximate surface area is 189 Å². The lowest BCUT2D eigenvalue weighted by atomic mass is 9.90. The molecular weight excluding hydrogens is 423 g/mol. The summed E-state index contributed by atoms with van der Waals surface area (Å²) < 4.78 is 20.7. The number of aromatic nitrogens is 5. The lowest BCUT2D eigenvalue weighted by molar-refractivity contribution is 0.0709. The molecule has 6 rings (SSSR count). The molecule has 2 aliphatic heterocycles. The van der Waals surface area contributed by atoms with E-state index in [9.17, 15) is 9.18 Å². The van der Waals surface area contributed by atoms with E-state index in [1.165, 1.54) is 23.3 Å². The highest BCUT2D eigenvalue weighted by Crippen LogP contribution is 2.43. The van der Waals surface area contributed by atoms with Crippen LogP contribution in [0.3, 0.4) is 0 Å². The van der Waals surface area contributed by atoms with E-state index in [1.807, 2.05) is 29.2 Å². The summed E-state index contributed by atoms with van der Waals surface area (Å²) in [5.41, 5.74) is 1.95. The van der Waals surface area contributed by atoms with E-state index in [0.29, 0.717) is 12.5 Å². The van der Waals surface area contributed by atoms with E-state index in [2.05, 4.69) is 20.2 Å². The maximum Gasteiger partial charge on any atom is 0.256 e. The van der Waals surface area contributed by atoms with Gasteiger partial charge in [-0.2, -0.15) is 10.2 Å². The molecule has 0 N–H and O–H groups in total. The fourth-order valence-electron chi connectivity index (χ4n) is 5.17. The van der Waals surface area contributed by atoms with Crippen molar-refractivity contribution < 1.29 is 13.9 Å². The Hall–Kier alpha value is -3.88. The smallest absolute Gasteiger partial charge is 0.256 e. The van der Waals surface area contributed by atoms with Gasteiger partial charge in [-0.3, -0.25) is 4.79 Å². The van der Waals surface area contributed by atoms with Gasteiger partial charge in [0, 0.05) is 18.0 Å². The Morgan fingerprint density at radius 3 is 2.73 bits per heavy atom. The first-order valence-corrected chi connectivity index (χ1v) is 11.0. The van der Waals surface area contributed by atoms with Gasteiger partial charge in [0.1, 0.15) is 5.69 Å². The van der Waals surface area contributed by atoms with E-state index in [-0.39, 0.29) is 35.2 Å². The second-order valence-corrected chi connectivity index (χ2v) is 8.47. The minimum atomic E-state index is -0.529. The molecule has 4 aromatic rings. The molecule has 0 spiro atoms. The van der Waals surface area contributed by atoms with Crippen LogP contribution in [-0.4, -0.2) is 54.5 Å². The molecule has 0 saturated carbocycles. The average Bonchev–Trinajstić information content (AvgIpc) is 3.59. The normalized spacial score (nSPS) is 21.6. The van der Waals surface area contributed by atoms with E-state index in [0.717, 1.165) is 30.3 Å². The molecule has 2 unspecified atom stereocenters. The second-order valence-electron chi connectivity index (χ2n) is 8.47. The van der Waals surface area contributed by atoms with Crippen molar-refractivity contribution in [3.05, 3.63) is 72.4 Å². The summed E-state index contributed by atoms with van der Waals surface area (Å²) in [6.45, 7) is 0.453. The predicted molar refractivity (Wildman–Crippen MR) is 117 cm³/mol. The molecule has 166 valence electrons. The van der Waals surface area contributed by atoms with Crippen molar-refractivity contribution in [2.24, 2.45) is 5.92 Å². The Morgan fingerprint density at radius 1 is 1.06 bits per heavy atom. The molecule has 2 bridgehead atoms. The van der Waals surface area contributed by atoms with Gasteiger partial charge >= 0.3 is 0 Å². The first kappa shape index (κ1) is 19.8. The number of benzene rings is 2. The van der Waals surface area contributed by atoms with Crippen LogP contribution in [0.4, 0.5) is 4.39 Å². The number of hydrogen-bond donors (Lipinski definition) is 0. The van der Waals surface area contributed by atoms with Gasteiger partial charge in [0.2, 0.25) is 5.88 Å². The Bertz CT molecular complexity index is 1330. The average molecular weight is 444 g/mol. The molecule has 1 amide bonds. The van der Waals surface area contributed by atoms with E-state index in [1.54, 1.807) is 18.3 Å². The van der Waals surface area contributed by atoms with Crippen LogP contribution < -0.4 is 4.74 Å². The number of nitrogens with zero attached hydrogens (tertiary/aromatic N) is 6. The summed E-state index contributed by atoms with van der Waals surface area (Å²) in [4.78, 5) is 25.6. The summed E-state index contributed by atoms with van der Waals surface area (Å²) >= 11 is 0. The Kier molecular flexibility index (Phi) is 4.74. The van der Waals surface area contributed by atoms with Crippen LogP contribution >= 0.6 is 0 Å². The van der Waals surface area contributed by atoms with E-state index < -0.39 is 5.82 Å². The van der Waals surface area contributed by atoms with Crippen LogP contribution in [0, 0.1) is 11.7 Å². The topological polar surface area (TPSA) is 86.0 Å². The second kappa shape index (κ2) is 7.91. The summed E-state index contributed by atoms with van der Waals surface area (Å²) in [5.74, 6) is -0.0621. The fourth-order valence-corrected chi connectivity index (χ4v) is 5.17. The Morgan fingerprint density at radius 2 is 1.88 bits per heavy atom. The molecular formula is C24H21FN6O2. The molecule has 3 atom stereocenters. The number of hydrogen-bond acceptors (Lipinski definition) is 6. The van der Waals surface area contributed by atoms with Gasteiger partial charge < -0.3 is 9.64 Å². The van der Waals surface area contributed by atoms with Crippen LogP contribution in [0.5, 0.6) is 5.88 Å². The maximum atomic E-state index is 14.7. The van der Waals surface area contributed by atoms with Gasteiger partial charge in [0.05, 0.1) is 41.8 Å². The number of para-hydroxylation sites is 3. The Balaban J connectivity index is 1.22. The third-order valence-electron chi connectivity index (χ3n) is 6.61. The van der Waals surface area contributed by atoms with E-state index in [4.69, 9.17) is 4.74 Å². The van der Waals surface area contributed by atoms with Crippen molar-refractivity contribution in [1.82, 2.24) is 29.9 Å². The van der Waals surface area contributed by atoms with Gasteiger partial charge in [-0.25, -0.2) is 14.4 Å². The highest BCUT2D eigenvalue weighted by atomic mass is 19.1. The van der Waals surface area contributed by atoms with Crippen LogP contribution in [-0.2, 0) is 0 Å². The zero-order chi connectivity index (χ0) is 22.4. The van der Waals surface area contributed by atoms with Crippen molar-refractivity contribution in [1.29, 1.82) is 0 Å². The van der Waals surface area contributed by atoms with Gasteiger partial charge in [-0.05, 0) is 43.5 Å². The third kappa shape index (κ3) is 3.40. The molecule has 2 aromatic carbocycles. The molecule has 9 heteroatoms. The van der Waals surface area contributed by atoms with Crippen molar-refractivity contribution in [2.45, 2.75) is 31.3 Å². The van der Waals surface area contributed by atoms with Crippen LogP contribution in [0.2, 0.25) is 0 Å². The SMILES string of the molecule is O=C(c1cccc(F)c1-n1nccn1)N1C2CC[C@H]1C(COc1cnc3ccccc3n1)C2. The lowest BCUT2D eigenvalue weighted by Crippen LogP contribution is -2.38. The van der Waals surface area contributed by atoms with Crippen molar-refractivity contribution in [3.63, 3.8) is 0 Å². The zero-order valence-electron chi connectivity index (χ0n) is 17.7. The standard InChI is InChI=1S/C24H21FN6O2/c25-18-5-3-4-17(23(18)31-27-10-11-28-31)24(32)30-16-8-9-21(30)15(12-16)14-33-22-13-26-19-6-1-2-7-20(19)29-22/h1-7,10-11,13,15-16,21H,8-9,12,14H2/t15?,16?,21-/m0/s1. The number of carbonyl (C=O) groups is 1. The molecule has 4 heterocycles. The summed E-state index contributed by atoms with van der Waals surface area (Å²) in [5, 5.41) is 8.06. The summed E-state index contributed by atoms with van der Waals surface area (Å²) in [7, 11) is 0. The zero-order valence-corrected chi connectivity index (χ0v) is 17.7. The molecule has 2 aliphatic rings. The van der Waals surface area contributed by atoms with Crippen LogP contribution in [0.15, 0.2) is 61.1 Å². The van der Waals surface area contributed by atoms with Gasteiger partial charge in [-0.15, -0.1) is 4.80 Å². The highest BCUT2D eigenvalue weighted by molar-refractivity contribution is 5.98. The number of halogens is 1. The number of amides is 1. The monoisotopic (exact) mass is 444 g/mol. The van der Waals surface area contributed by atoms with Crippen molar-refractivity contribution in [3.8, 4) is 11.6 Å². The molecule has 2 saturated heterocycles. The van der Waals surface area contributed by atoms with Gasteiger partial charge in [0.25, 0.3) is 5.91 Å². The van der Waals surface area contributed by atoms with Gasteiger partial charge in [-0.1, -0.05) is 18.2 Å². The molecule has 0 radical (unpaired) electrons. The quantitative estimate of drug-likeness (QED) is 0.469. The molecule has 8 nitrogen and oxygen atoms in total. The maximum absolute atomic E-state index is 14.7. The van der Waals surface area contributed by atoms with Crippen molar-refractivity contribution in [2.75, 3.05) is 6.61 Å². The molecule has 33 heavy (non-hydrogen) atoms. The number of carbonyl (C=O) groups excluding carboxylic acids is 1. The number of fused-ring (bicyclic) bond motifs is 3. The minimum absolute atomic E-state index is 0.0395. The van der Waals surface area contributed by atoms with Crippen molar-refractivity contribution >= 4 is 16.9 Å². The van der Waals surface area contributed by atoms with Gasteiger partial charge in [0.15, 0.2) is 5.82 Å². The fraction of sp³-hybridized carbons (Fsp3) is 0.292. The predicted octanol–water partition coefficient (Wildman–Crippen LogP) is 3.42. The molecule has 0 aliphatic carbocycles. The molecule has 2 aromatic heterocycles. The van der Waals surface area contributed by atoms with Crippen LogP contribution in [0.1, 0.15) is 29.6 Å². The van der Waals surface area contributed by atoms with Crippen LogP contribution in [0.25, 0.3) is 16.7 Å². The first-order chi connectivity index (χ1) is 16.2. The number of ether oxygens (including phenoxy) is 1. The minimum Gasteiger partial charge on any atom is -0.476 e. The lowest BCUT2D eigenvalue weighted by Gasteiger charge is -2.25. The third-order valence-corrected chi connectivity index (χ3v) is 6.61.